The molecule has 0 spiro atoms. The van der Waals surface area contributed by atoms with Gasteiger partial charge in [0.2, 0.25) is 0 Å². The Morgan fingerprint density at radius 2 is 1.89 bits per heavy atom. The lowest BCUT2D eigenvalue weighted by Gasteiger charge is -2.19. The van der Waals surface area contributed by atoms with E-state index in [1.807, 2.05) is 19.1 Å². The summed E-state index contributed by atoms with van der Waals surface area (Å²) in [6.07, 6.45) is 0.817. The first-order chi connectivity index (χ1) is 9.10. The van der Waals surface area contributed by atoms with Crippen LogP contribution >= 0.6 is 11.6 Å². The molecule has 100 valence electrons. The zero-order chi connectivity index (χ0) is 13.8. The number of hydrogen-bond acceptors (Lipinski definition) is 2. The molecule has 0 saturated heterocycles. The van der Waals surface area contributed by atoms with E-state index in [9.17, 15) is 9.50 Å². The van der Waals surface area contributed by atoms with Crippen LogP contribution in [-0.2, 0) is 0 Å². The minimum absolute atomic E-state index is 0.0138. The number of hydrogen-bond donors (Lipinski definition) is 2. The zero-order valence-electron chi connectivity index (χ0n) is 10.5. The smallest absolute Gasteiger partial charge is 0.125 e. The SMILES string of the molecule is CCC(Nc1cc(F)ccc1Cl)c1ccc(O)cc1. The van der Waals surface area contributed by atoms with Crippen LogP contribution in [0, 0.1) is 5.82 Å². The van der Waals surface area contributed by atoms with E-state index in [0.717, 1.165) is 12.0 Å². The van der Waals surface area contributed by atoms with Crippen molar-refractivity contribution in [1.29, 1.82) is 0 Å². The minimum Gasteiger partial charge on any atom is -0.508 e. The van der Waals surface area contributed by atoms with Gasteiger partial charge in [0.25, 0.3) is 0 Å². The van der Waals surface area contributed by atoms with E-state index in [1.165, 1.54) is 18.2 Å². The first kappa shape index (κ1) is 13.7. The molecule has 4 heteroatoms. The number of phenols is 1. The van der Waals surface area contributed by atoms with Crippen LogP contribution in [0.5, 0.6) is 5.75 Å². The van der Waals surface area contributed by atoms with Gasteiger partial charge in [-0.2, -0.15) is 0 Å². The van der Waals surface area contributed by atoms with Gasteiger partial charge in [0.15, 0.2) is 0 Å². The summed E-state index contributed by atoms with van der Waals surface area (Å²) in [6.45, 7) is 2.03. The predicted octanol–water partition coefficient (Wildman–Crippen LogP) is 4.75. The van der Waals surface area contributed by atoms with Crippen LogP contribution in [0.4, 0.5) is 10.1 Å². The first-order valence-electron chi connectivity index (χ1n) is 6.10. The highest BCUT2D eigenvalue weighted by atomic mass is 35.5. The quantitative estimate of drug-likeness (QED) is 0.846. The maximum Gasteiger partial charge on any atom is 0.125 e. The van der Waals surface area contributed by atoms with Crippen LogP contribution in [-0.4, -0.2) is 5.11 Å². The van der Waals surface area contributed by atoms with E-state index >= 15 is 0 Å². The molecule has 1 unspecified atom stereocenters. The minimum atomic E-state index is -0.326. The van der Waals surface area contributed by atoms with Gasteiger partial charge >= 0.3 is 0 Å². The number of aromatic hydroxyl groups is 1. The topological polar surface area (TPSA) is 32.3 Å². The summed E-state index contributed by atoms with van der Waals surface area (Å²) < 4.78 is 13.2. The summed E-state index contributed by atoms with van der Waals surface area (Å²) in [6, 6.07) is 11.2. The summed E-state index contributed by atoms with van der Waals surface area (Å²) in [5, 5.41) is 13.0. The van der Waals surface area contributed by atoms with E-state index in [-0.39, 0.29) is 17.6 Å². The number of rotatable bonds is 4. The zero-order valence-corrected chi connectivity index (χ0v) is 11.3. The fourth-order valence-electron chi connectivity index (χ4n) is 1.92. The first-order valence-corrected chi connectivity index (χ1v) is 6.48. The summed E-state index contributed by atoms with van der Waals surface area (Å²) in [4.78, 5) is 0. The molecule has 0 bridgehead atoms. The van der Waals surface area contributed by atoms with Crippen molar-refractivity contribution in [2.24, 2.45) is 0 Å². The van der Waals surface area contributed by atoms with Crippen LogP contribution in [0.1, 0.15) is 24.9 Å². The molecular weight excluding hydrogens is 265 g/mol. The van der Waals surface area contributed by atoms with E-state index in [1.54, 1.807) is 12.1 Å². The van der Waals surface area contributed by atoms with Crippen LogP contribution in [0.3, 0.4) is 0 Å². The summed E-state index contributed by atoms with van der Waals surface area (Å²) >= 11 is 6.04. The fraction of sp³-hybridized carbons (Fsp3) is 0.200. The molecule has 0 aromatic heterocycles. The molecule has 19 heavy (non-hydrogen) atoms. The molecule has 0 saturated carbocycles. The van der Waals surface area contributed by atoms with Crippen molar-refractivity contribution in [3.8, 4) is 5.75 Å². The maximum atomic E-state index is 13.2. The fourth-order valence-corrected chi connectivity index (χ4v) is 2.10. The van der Waals surface area contributed by atoms with Gasteiger partial charge < -0.3 is 10.4 Å². The molecule has 2 aromatic carbocycles. The third kappa shape index (κ3) is 3.38. The normalized spacial score (nSPS) is 12.2. The Labute approximate surface area is 116 Å². The second kappa shape index (κ2) is 5.93. The average Bonchev–Trinajstić information content (AvgIpc) is 2.41. The molecule has 0 amide bonds. The molecule has 1 atom stereocenters. The van der Waals surface area contributed by atoms with Gasteiger partial charge in [-0.15, -0.1) is 0 Å². The van der Waals surface area contributed by atoms with E-state index < -0.39 is 0 Å². The van der Waals surface area contributed by atoms with Gasteiger partial charge in [-0.1, -0.05) is 30.7 Å². The van der Waals surface area contributed by atoms with Gasteiger partial charge in [0.05, 0.1) is 16.8 Å². The lowest BCUT2D eigenvalue weighted by atomic mass is 10.0. The number of benzene rings is 2. The molecular formula is C15H15ClFNO. The largest absolute Gasteiger partial charge is 0.508 e. The van der Waals surface area contributed by atoms with Crippen molar-refractivity contribution in [1.82, 2.24) is 0 Å². The standard InChI is InChI=1S/C15H15ClFNO/c1-2-14(10-3-6-12(19)7-4-10)18-15-9-11(17)5-8-13(15)16/h3-9,14,18-19H,2H2,1H3. The van der Waals surface area contributed by atoms with Crippen molar-refractivity contribution in [3.63, 3.8) is 0 Å². The highest BCUT2D eigenvalue weighted by Gasteiger charge is 2.11. The van der Waals surface area contributed by atoms with Crippen LogP contribution in [0.15, 0.2) is 42.5 Å². The van der Waals surface area contributed by atoms with Gasteiger partial charge in [0, 0.05) is 0 Å². The number of halogens is 2. The summed E-state index contributed by atoms with van der Waals surface area (Å²) in [7, 11) is 0. The summed E-state index contributed by atoms with van der Waals surface area (Å²) in [5.74, 6) is -0.102. The number of phenolic OH excluding ortho intramolecular Hbond substituents is 1. The van der Waals surface area contributed by atoms with Gasteiger partial charge in [-0.05, 0) is 42.3 Å². The molecule has 2 aromatic rings. The van der Waals surface area contributed by atoms with Gasteiger partial charge in [-0.3, -0.25) is 0 Å². The van der Waals surface area contributed by atoms with E-state index in [2.05, 4.69) is 5.32 Å². The van der Waals surface area contributed by atoms with Crippen LogP contribution < -0.4 is 5.32 Å². The molecule has 0 aliphatic rings. The van der Waals surface area contributed by atoms with Crippen LogP contribution in [0.25, 0.3) is 0 Å². The van der Waals surface area contributed by atoms with Crippen molar-refractivity contribution in [3.05, 3.63) is 58.9 Å². The van der Waals surface area contributed by atoms with E-state index in [4.69, 9.17) is 11.6 Å². The van der Waals surface area contributed by atoms with Gasteiger partial charge in [-0.25, -0.2) is 4.39 Å². The van der Waals surface area contributed by atoms with Crippen molar-refractivity contribution in [2.75, 3.05) is 5.32 Å². The Hall–Kier alpha value is -1.74. The molecule has 0 aliphatic heterocycles. The second-order valence-corrected chi connectivity index (χ2v) is 4.73. The Morgan fingerprint density at radius 3 is 2.53 bits per heavy atom. The highest BCUT2D eigenvalue weighted by Crippen LogP contribution is 2.29. The summed E-state index contributed by atoms with van der Waals surface area (Å²) in [5.41, 5.74) is 1.59. The lowest BCUT2D eigenvalue weighted by molar-refractivity contribution is 0.475. The van der Waals surface area contributed by atoms with Crippen LogP contribution in [0.2, 0.25) is 5.02 Å². The third-order valence-electron chi connectivity index (χ3n) is 2.96. The molecule has 2 rings (SSSR count). The third-order valence-corrected chi connectivity index (χ3v) is 3.29. The monoisotopic (exact) mass is 279 g/mol. The Bertz CT molecular complexity index is 557. The highest BCUT2D eigenvalue weighted by molar-refractivity contribution is 6.33. The molecule has 0 radical (unpaired) electrons. The average molecular weight is 280 g/mol. The molecule has 2 nitrogen and oxygen atoms in total. The molecule has 0 heterocycles. The molecule has 0 aliphatic carbocycles. The molecule has 2 N–H and O–H groups in total. The van der Waals surface area contributed by atoms with Crippen molar-refractivity contribution >= 4 is 17.3 Å². The second-order valence-electron chi connectivity index (χ2n) is 4.32. The van der Waals surface area contributed by atoms with E-state index in [0.29, 0.717) is 10.7 Å². The maximum absolute atomic E-state index is 13.2. The van der Waals surface area contributed by atoms with Crippen molar-refractivity contribution < 1.29 is 9.50 Å². The Morgan fingerprint density at radius 1 is 1.21 bits per heavy atom. The lowest BCUT2D eigenvalue weighted by Crippen LogP contribution is -2.10. The predicted molar refractivity (Wildman–Crippen MR) is 76.2 cm³/mol. The number of anilines is 1. The Kier molecular flexibility index (Phi) is 4.27. The van der Waals surface area contributed by atoms with Crippen molar-refractivity contribution in [2.45, 2.75) is 19.4 Å². The molecule has 0 fully saturated rings. The Balaban J connectivity index is 2.23. The van der Waals surface area contributed by atoms with Gasteiger partial charge in [0.1, 0.15) is 11.6 Å². The number of nitrogens with one attached hydrogen (secondary N) is 1.